The van der Waals surface area contributed by atoms with E-state index >= 15 is 0 Å². The number of hydrogen-bond donors (Lipinski definition) is 0. The molecular formula is C22H23Cl2PTi-2. The quantitative estimate of drug-likeness (QED) is 0.165. The molecule has 0 aromatic heterocycles. The molecule has 0 spiro atoms. The van der Waals surface area contributed by atoms with E-state index in [1.807, 2.05) is 0 Å². The Hall–Kier alpha value is -0.616. The molecule has 0 bridgehead atoms. The van der Waals surface area contributed by atoms with Gasteiger partial charge in [0.25, 0.3) is 0 Å². The third kappa shape index (κ3) is 5.69. The Balaban J connectivity index is 0.000000163. The SMILES string of the molecule is CP(C)c1cc2ccccc2[cH-]1.Cc1ccc(C)c2[cH-]ccc12.[Cl][Ti][Cl]. The Kier molecular flexibility index (Phi) is 8.88. The van der Waals surface area contributed by atoms with E-state index in [2.05, 4.69) is 93.9 Å². The summed E-state index contributed by atoms with van der Waals surface area (Å²) in [6.07, 6.45) is 0. The molecule has 0 aliphatic heterocycles. The molecule has 136 valence electrons. The van der Waals surface area contributed by atoms with Crippen LogP contribution in [-0.2, 0) is 17.0 Å². The van der Waals surface area contributed by atoms with Crippen LogP contribution in [0.3, 0.4) is 0 Å². The van der Waals surface area contributed by atoms with Crippen LogP contribution in [0.25, 0.3) is 21.5 Å². The summed E-state index contributed by atoms with van der Waals surface area (Å²) >= 11 is -0.556. The number of rotatable bonds is 1. The van der Waals surface area contributed by atoms with Crippen LogP contribution in [-0.4, -0.2) is 13.3 Å². The van der Waals surface area contributed by atoms with E-state index in [1.54, 1.807) is 0 Å². The fourth-order valence-electron chi connectivity index (χ4n) is 2.93. The molecule has 0 saturated carbocycles. The zero-order valence-corrected chi connectivity index (χ0v) is 19.5. The van der Waals surface area contributed by atoms with Crippen molar-refractivity contribution in [2.75, 3.05) is 13.3 Å². The van der Waals surface area contributed by atoms with Crippen molar-refractivity contribution in [3.05, 3.63) is 77.9 Å². The molecule has 26 heavy (non-hydrogen) atoms. The molecule has 0 N–H and O–H groups in total. The van der Waals surface area contributed by atoms with Gasteiger partial charge in [-0.15, -0.1) is 76.7 Å². The Morgan fingerprint density at radius 2 is 1.58 bits per heavy atom. The molecule has 0 nitrogen and oxygen atoms in total. The van der Waals surface area contributed by atoms with E-state index < -0.39 is 17.0 Å². The average molecular weight is 437 g/mol. The van der Waals surface area contributed by atoms with E-state index in [0.717, 1.165) is 0 Å². The van der Waals surface area contributed by atoms with E-state index in [0.29, 0.717) is 0 Å². The number of halogens is 2. The van der Waals surface area contributed by atoms with Crippen molar-refractivity contribution in [1.82, 2.24) is 0 Å². The molecule has 0 radical (unpaired) electrons. The van der Waals surface area contributed by atoms with Crippen molar-refractivity contribution in [3.8, 4) is 0 Å². The molecule has 4 heteroatoms. The summed E-state index contributed by atoms with van der Waals surface area (Å²) in [5.74, 6) is 0. The molecule has 4 aromatic rings. The maximum atomic E-state index is 4.89. The zero-order chi connectivity index (χ0) is 19.1. The van der Waals surface area contributed by atoms with Crippen molar-refractivity contribution in [3.63, 3.8) is 0 Å². The summed E-state index contributed by atoms with van der Waals surface area (Å²) in [4.78, 5) is 0. The van der Waals surface area contributed by atoms with Crippen LogP contribution < -0.4 is 5.30 Å². The number of aryl methyl sites for hydroxylation is 2. The monoisotopic (exact) mass is 436 g/mol. The zero-order valence-electron chi connectivity index (χ0n) is 15.6. The van der Waals surface area contributed by atoms with Crippen molar-refractivity contribution < 1.29 is 17.0 Å². The van der Waals surface area contributed by atoms with Crippen LogP contribution in [0.1, 0.15) is 11.1 Å². The van der Waals surface area contributed by atoms with Gasteiger partial charge in [-0.1, -0.05) is 24.6 Å². The van der Waals surface area contributed by atoms with E-state index in [4.69, 9.17) is 18.6 Å². The average Bonchev–Trinajstić information content (AvgIpc) is 3.27. The number of hydrogen-bond acceptors (Lipinski definition) is 0. The van der Waals surface area contributed by atoms with Crippen LogP contribution >= 0.6 is 26.5 Å². The predicted octanol–water partition coefficient (Wildman–Crippen LogP) is 7.48. The minimum atomic E-state index is -0.556. The summed E-state index contributed by atoms with van der Waals surface area (Å²) in [5, 5.41) is 7.05. The molecule has 0 heterocycles. The first-order valence-electron chi connectivity index (χ1n) is 8.38. The molecule has 0 aliphatic rings. The third-order valence-electron chi connectivity index (χ3n) is 4.37. The molecular weight excluding hydrogens is 414 g/mol. The summed E-state index contributed by atoms with van der Waals surface area (Å²) in [5.41, 5.74) is 2.74. The van der Waals surface area contributed by atoms with Crippen LogP contribution in [0.5, 0.6) is 0 Å². The van der Waals surface area contributed by atoms with Crippen molar-refractivity contribution in [1.29, 1.82) is 0 Å². The van der Waals surface area contributed by atoms with Gasteiger partial charge in [0.15, 0.2) is 0 Å². The molecule has 0 amide bonds. The van der Waals surface area contributed by atoms with Gasteiger partial charge in [0, 0.05) is 0 Å². The molecule has 0 fully saturated rings. The van der Waals surface area contributed by atoms with E-state index in [1.165, 1.54) is 38.0 Å². The van der Waals surface area contributed by atoms with Gasteiger partial charge in [0.2, 0.25) is 0 Å². The van der Waals surface area contributed by atoms with Crippen molar-refractivity contribution >= 4 is 53.4 Å². The summed E-state index contributed by atoms with van der Waals surface area (Å²) in [6.45, 7) is 8.90. The van der Waals surface area contributed by atoms with Gasteiger partial charge in [-0.2, -0.15) is 18.2 Å². The van der Waals surface area contributed by atoms with Crippen LogP contribution in [0.4, 0.5) is 0 Å². The Labute approximate surface area is 174 Å². The van der Waals surface area contributed by atoms with Crippen LogP contribution in [0.2, 0.25) is 0 Å². The number of benzene rings is 2. The Morgan fingerprint density at radius 1 is 0.923 bits per heavy atom. The Bertz CT molecular complexity index is 884. The third-order valence-corrected chi connectivity index (χ3v) is 5.66. The van der Waals surface area contributed by atoms with Gasteiger partial charge in [-0.05, 0) is 20.3 Å². The second-order valence-electron chi connectivity index (χ2n) is 6.36. The summed E-state index contributed by atoms with van der Waals surface area (Å²) in [6, 6.07) is 24.0. The van der Waals surface area contributed by atoms with Crippen molar-refractivity contribution in [2.24, 2.45) is 0 Å². The summed E-state index contributed by atoms with van der Waals surface area (Å²) < 4.78 is 0. The first-order valence-corrected chi connectivity index (χ1v) is 14.9. The fourth-order valence-corrected chi connectivity index (χ4v) is 3.72. The first kappa shape index (κ1) is 21.7. The molecule has 0 unspecified atom stereocenters. The first-order chi connectivity index (χ1) is 12.5. The van der Waals surface area contributed by atoms with Gasteiger partial charge in [-0.3, -0.25) is 0 Å². The second kappa shape index (κ2) is 10.6. The fraction of sp³-hybridized carbons (Fsp3) is 0.182. The van der Waals surface area contributed by atoms with Crippen LogP contribution in [0.15, 0.2) is 66.7 Å². The second-order valence-corrected chi connectivity index (χ2v) is 11.2. The molecule has 0 atom stereocenters. The van der Waals surface area contributed by atoms with Gasteiger partial charge < -0.3 is 0 Å². The molecule has 4 aromatic carbocycles. The van der Waals surface area contributed by atoms with E-state index in [9.17, 15) is 0 Å². The predicted molar refractivity (Wildman–Crippen MR) is 119 cm³/mol. The maximum absolute atomic E-state index is 4.89. The van der Waals surface area contributed by atoms with Gasteiger partial charge in [-0.25, -0.2) is 0 Å². The normalized spacial score (nSPS) is 10.3. The van der Waals surface area contributed by atoms with Gasteiger partial charge in [0.1, 0.15) is 0 Å². The Morgan fingerprint density at radius 3 is 2.19 bits per heavy atom. The van der Waals surface area contributed by atoms with Gasteiger partial charge >= 0.3 is 35.6 Å². The topological polar surface area (TPSA) is 0 Å². The molecule has 0 saturated heterocycles. The standard InChI is InChI=1S/C11H12P.C11H11.2ClH.Ti/c1-12(2)11-7-9-5-3-4-6-10(9)8-11;1-8-6-7-9(2)11-5-3-4-10(8)11;;;/h3-8H,1-2H3;3-7H,1-2H3;2*1H;/q2*-1;;;+2/p-2. The number of fused-ring (bicyclic) bond motifs is 2. The summed E-state index contributed by atoms with van der Waals surface area (Å²) in [7, 11) is 9.84. The van der Waals surface area contributed by atoms with Crippen molar-refractivity contribution in [2.45, 2.75) is 13.8 Å². The molecule has 0 aliphatic carbocycles. The van der Waals surface area contributed by atoms with Gasteiger partial charge in [0.05, 0.1) is 0 Å². The van der Waals surface area contributed by atoms with E-state index in [-0.39, 0.29) is 7.92 Å². The van der Waals surface area contributed by atoms with Crippen LogP contribution in [0, 0.1) is 13.8 Å². The minimum absolute atomic E-state index is 0.0576. The molecule has 4 rings (SSSR count).